The molecule has 4 rings (SSSR count). The zero-order valence-electron chi connectivity index (χ0n) is 17.6. The summed E-state index contributed by atoms with van der Waals surface area (Å²) in [4.78, 5) is 46.3. The van der Waals surface area contributed by atoms with Crippen molar-refractivity contribution in [2.75, 3.05) is 6.61 Å². The molecule has 8 nitrogen and oxygen atoms in total. The molecule has 2 saturated heterocycles. The van der Waals surface area contributed by atoms with Crippen molar-refractivity contribution in [1.29, 1.82) is 0 Å². The Hall–Kier alpha value is -3.68. The number of carbonyl (C=O) groups is 4. The minimum atomic E-state index is -0.433. The van der Waals surface area contributed by atoms with Gasteiger partial charge in [0.25, 0.3) is 0 Å². The largest absolute Gasteiger partial charge is 0.493 e. The van der Waals surface area contributed by atoms with Crippen LogP contribution in [-0.2, 0) is 19.2 Å². The Bertz CT molecular complexity index is 1030. The molecule has 3 atom stereocenters. The van der Waals surface area contributed by atoms with Crippen LogP contribution in [0.1, 0.15) is 49.1 Å². The number of carbonyl (C=O) groups excluding carboxylic acids is 4. The molecular formula is C24H24N2O6. The smallest absolute Gasteiger partial charge is 0.234 e. The fourth-order valence-electron chi connectivity index (χ4n) is 3.85. The molecule has 2 fully saturated rings. The van der Waals surface area contributed by atoms with Crippen molar-refractivity contribution in [3.63, 3.8) is 0 Å². The molecule has 2 aliphatic heterocycles. The van der Waals surface area contributed by atoms with Crippen molar-refractivity contribution in [2.45, 2.75) is 44.1 Å². The van der Waals surface area contributed by atoms with E-state index in [1.54, 1.807) is 48.5 Å². The summed E-state index contributed by atoms with van der Waals surface area (Å²) >= 11 is 0. The van der Waals surface area contributed by atoms with Crippen LogP contribution in [0.4, 0.5) is 0 Å². The molecule has 166 valence electrons. The molecule has 2 aliphatic rings. The van der Waals surface area contributed by atoms with Gasteiger partial charge in [-0.15, -0.1) is 0 Å². The van der Waals surface area contributed by atoms with Crippen LogP contribution in [0.15, 0.2) is 48.5 Å². The molecule has 0 aromatic heterocycles. The molecule has 8 heteroatoms. The summed E-state index contributed by atoms with van der Waals surface area (Å²) in [6.07, 6.45) is 0.924. The summed E-state index contributed by atoms with van der Waals surface area (Å²) in [5.41, 5.74) is 1.58. The maximum atomic E-state index is 11.8. The van der Waals surface area contributed by atoms with Gasteiger partial charge in [0, 0.05) is 19.3 Å². The van der Waals surface area contributed by atoms with Crippen LogP contribution in [0, 0.1) is 0 Å². The van der Waals surface area contributed by atoms with Crippen molar-refractivity contribution in [2.24, 2.45) is 0 Å². The van der Waals surface area contributed by atoms with E-state index in [1.165, 1.54) is 0 Å². The van der Waals surface area contributed by atoms with Gasteiger partial charge >= 0.3 is 0 Å². The number of imide groups is 2. The predicted octanol–water partition coefficient (Wildman–Crippen LogP) is 2.18. The van der Waals surface area contributed by atoms with Crippen LogP contribution in [0.5, 0.6) is 11.5 Å². The summed E-state index contributed by atoms with van der Waals surface area (Å²) in [5.74, 6) is -0.521. The number of hydrogen-bond acceptors (Lipinski definition) is 6. The molecule has 0 bridgehead atoms. The highest BCUT2D eigenvalue weighted by Crippen LogP contribution is 2.27. The fraction of sp³-hybridized carbons (Fsp3) is 0.333. The lowest BCUT2D eigenvalue weighted by Crippen LogP contribution is -2.21. The normalized spacial score (nSPS) is 21.3. The number of rotatable bonds is 8. The van der Waals surface area contributed by atoms with Crippen LogP contribution in [0.2, 0.25) is 0 Å². The number of amides is 4. The predicted molar refractivity (Wildman–Crippen MR) is 114 cm³/mol. The van der Waals surface area contributed by atoms with Crippen molar-refractivity contribution in [1.82, 2.24) is 10.6 Å². The molecule has 0 spiro atoms. The Balaban J connectivity index is 1.22. The molecule has 2 N–H and O–H groups in total. The molecule has 32 heavy (non-hydrogen) atoms. The topological polar surface area (TPSA) is 111 Å². The van der Waals surface area contributed by atoms with Gasteiger partial charge in [0.05, 0.1) is 24.5 Å². The van der Waals surface area contributed by atoms with E-state index in [9.17, 15) is 19.2 Å². The summed E-state index contributed by atoms with van der Waals surface area (Å²) in [6, 6.07) is 14.4. The molecule has 2 aromatic carbocycles. The third-order valence-corrected chi connectivity index (χ3v) is 5.63. The Labute approximate surface area is 185 Å². The molecule has 2 heterocycles. The standard InChI is InChI=1S/C24H24N2O6/c1-14(32-18-8-4-16(5-9-18)20-13-22(28)26-24(20)30)10-11-31-17-6-2-15(3-7-17)19-12-21(27)25-23(19)29/h2-9,14,19-20H,10-13H2,1H3,(H,25,27,29)(H,26,28,30)/t14-,19-,20-/m0/s1. The van der Waals surface area contributed by atoms with Gasteiger partial charge in [-0.3, -0.25) is 29.8 Å². The maximum absolute atomic E-state index is 11.8. The first kappa shape index (κ1) is 21.5. The first-order valence-electron chi connectivity index (χ1n) is 10.6. The Kier molecular flexibility index (Phi) is 6.20. The Morgan fingerprint density at radius 3 is 1.69 bits per heavy atom. The third-order valence-electron chi connectivity index (χ3n) is 5.63. The Morgan fingerprint density at radius 1 is 0.781 bits per heavy atom. The number of nitrogens with one attached hydrogen (secondary N) is 2. The van der Waals surface area contributed by atoms with E-state index < -0.39 is 11.8 Å². The Morgan fingerprint density at radius 2 is 1.25 bits per heavy atom. The van der Waals surface area contributed by atoms with Gasteiger partial charge in [-0.2, -0.15) is 0 Å². The van der Waals surface area contributed by atoms with Crippen LogP contribution in [0.25, 0.3) is 0 Å². The van der Waals surface area contributed by atoms with Crippen LogP contribution < -0.4 is 20.1 Å². The van der Waals surface area contributed by atoms with Crippen molar-refractivity contribution >= 4 is 23.6 Å². The number of ether oxygens (including phenoxy) is 2. The summed E-state index contributed by atoms with van der Waals surface area (Å²) in [7, 11) is 0. The highest BCUT2D eigenvalue weighted by molar-refractivity contribution is 6.06. The quantitative estimate of drug-likeness (QED) is 0.614. The lowest BCUT2D eigenvalue weighted by molar-refractivity contribution is -0.126. The summed E-state index contributed by atoms with van der Waals surface area (Å²) < 4.78 is 11.7. The number of hydrogen-bond donors (Lipinski definition) is 2. The lowest BCUT2D eigenvalue weighted by atomic mass is 9.97. The maximum Gasteiger partial charge on any atom is 0.234 e. The van der Waals surface area contributed by atoms with E-state index >= 15 is 0 Å². The van der Waals surface area contributed by atoms with Gasteiger partial charge in [-0.1, -0.05) is 24.3 Å². The minimum Gasteiger partial charge on any atom is -0.493 e. The molecular weight excluding hydrogens is 412 g/mol. The minimum absolute atomic E-state index is 0.0929. The lowest BCUT2D eigenvalue weighted by Gasteiger charge is -2.16. The van der Waals surface area contributed by atoms with Crippen LogP contribution in [0.3, 0.4) is 0 Å². The van der Waals surface area contributed by atoms with E-state index in [2.05, 4.69) is 10.6 Å². The monoisotopic (exact) mass is 436 g/mol. The van der Waals surface area contributed by atoms with Crippen LogP contribution >= 0.6 is 0 Å². The molecule has 4 amide bonds. The number of benzene rings is 2. The van der Waals surface area contributed by atoms with E-state index in [4.69, 9.17) is 9.47 Å². The zero-order valence-corrected chi connectivity index (χ0v) is 17.6. The van der Waals surface area contributed by atoms with Crippen molar-refractivity contribution in [3.8, 4) is 11.5 Å². The van der Waals surface area contributed by atoms with Crippen molar-refractivity contribution < 1.29 is 28.7 Å². The van der Waals surface area contributed by atoms with Crippen molar-refractivity contribution in [3.05, 3.63) is 59.7 Å². The zero-order chi connectivity index (χ0) is 22.7. The van der Waals surface area contributed by atoms with E-state index in [0.29, 0.717) is 24.5 Å². The molecule has 0 radical (unpaired) electrons. The third kappa shape index (κ3) is 4.96. The first-order chi connectivity index (χ1) is 15.4. The second-order valence-corrected chi connectivity index (χ2v) is 8.04. The molecule has 2 aromatic rings. The average molecular weight is 436 g/mol. The highest BCUT2D eigenvalue weighted by Gasteiger charge is 2.32. The van der Waals surface area contributed by atoms with Crippen LogP contribution in [-0.4, -0.2) is 36.3 Å². The summed E-state index contributed by atoms with van der Waals surface area (Å²) in [5, 5.41) is 4.63. The van der Waals surface area contributed by atoms with E-state index in [1.807, 2.05) is 6.92 Å². The first-order valence-corrected chi connectivity index (χ1v) is 10.6. The second kappa shape index (κ2) is 9.21. The van der Waals surface area contributed by atoms with Gasteiger partial charge < -0.3 is 9.47 Å². The van der Waals surface area contributed by atoms with Gasteiger partial charge in [-0.05, 0) is 42.3 Å². The van der Waals surface area contributed by atoms with Gasteiger partial charge in [-0.25, -0.2) is 0 Å². The van der Waals surface area contributed by atoms with Gasteiger partial charge in [0.2, 0.25) is 23.6 Å². The van der Waals surface area contributed by atoms with Gasteiger partial charge in [0.15, 0.2) is 0 Å². The second-order valence-electron chi connectivity index (χ2n) is 8.04. The molecule has 0 saturated carbocycles. The van der Waals surface area contributed by atoms with E-state index in [-0.39, 0.29) is 42.6 Å². The highest BCUT2D eigenvalue weighted by atomic mass is 16.5. The molecule has 0 unspecified atom stereocenters. The molecule has 0 aliphatic carbocycles. The SMILES string of the molecule is C[C@@H](CCOc1ccc([C@@H]2CC(=O)NC2=O)cc1)Oc1ccc([C@@H]2CC(=O)NC2=O)cc1. The summed E-state index contributed by atoms with van der Waals surface area (Å²) in [6.45, 7) is 2.39. The van der Waals surface area contributed by atoms with E-state index in [0.717, 1.165) is 11.1 Å². The average Bonchev–Trinajstić information content (AvgIpc) is 3.28. The van der Waals surface area contributed by atoms with Gasteiger partial charge in [0.1, 0.15) is 11.5 Å². The fourth-order valence-corrected chi connectivity index (χ4v) is 3.85.